The van der Waals surface area contributed by atoms with E-state index in [1.807, 2.05) is 19.9 Å². The van der Waals surface area contributed by atoms with Gasteiger partial charge >= 0.3 is 0 Å². The number of nitrogens with two attached hydrogens (primary N) is 1. The van der Waals surface area contributed by atoms with Gasteiger partial charge in [-0.25, -0.2) is 4.98 Å². The van der Waals surface area contributed by atoms with E-state index in [2.05, 4.69) is 26.2 Å². The van der Waals surface area contributed by atoms with Crippen LogP contribution < -0.4 is 11.1 Å². The first-order valence-electron chi connectivity index (χ1n) is 4.71. The first-order valence-corrected chi connectivity index (χ1v) is 5.50. The third-order valence-corrected chi connectivity index (χ3v) is 2.37. The van der Waals surface area contributed by atoms with E-state index in [-0.39, 0.29) is 6.04 Å². The highest BCUT2D eigenvalue weighted by Crippen LogP contribution is 2.16. The lowest BCUT2D eigenvalue weighted by Gasteiger charge is -2.09. The van der Waals surface area contributed by atoms with Crippen molar-refractivity contribution in [3.05, 3.63) is 22.3 Å². The molecule has 4 heteroatoms. The molecule has 1 aromatic heterocycles. The molecule has 78 valence electrons. The molecular formula is C10H16BrN3. The summed E-state index contributed by atoms with van der Waals surface area (Å²) in [6.45, 7) is 4.91. The number of aromatic nitrogens is 1. The largest absolute Gasteiger partial charge is 0.370 e. The second-order valence-electron chi connectivity index (χ2n) is 3.51. The van der Waals surface area contributed by atoms with Gasteiger partial charge in [0, 0.05) is 23.3 Å². The van der Waals surface area contributed by atoms with Crippen LogP contribution in [-0.2, 0) is 0 Å². The SMILES string of the molecule is Cc1cc(Br)cnc1NCCC(C)N. The number of hydrogen-bond acceptors (Lipinski definition) is 3. The summed E-state index contributed by atoms with van der Waals surface area (Å²) in [6.07, 6.45) is 2.75. The second-order valence-corrected chi connectivity index (χ2v) is 4.43. The summed E-state index contributed by atoms with van der Waals surface area (Å²) >= 11 is 3.38. The van der Waals surface area contributed by atoms with Gasteiger partial charge in [0.05, 0.1) is 0 Å². The molecule has 1 heterocycles. The fourth-order valence-electron chi connectivity index (χ4n) is 1.14. The fraction of sp³-hybridized carbons (Fsp3) is 0.500. The number of aryl methyl sites for hydroxylation is 1. The van der Waals surface area contributed by atoms with Gasteiger partial charge in [0.1, 0.15) is 5.82 Å². The minimum absolute atomic E-state index is 0.234. The molecule has 0 aliphatic heterocycles. The minimum atomic E-state index is 0.234. The maximum Gasteiger partial charge on any atom is 0.128 e. The van der Waals surface area contributed by atoms with Crippen LogP contribution >= 0.6 is 15.9 Å². The van der Waals surface area contributed by atoms with Crippen LogP contribution in [0.4, 0.5) is 5.82 Å². The Balaban J connectivity index is 2.51. The van der Waals surface area contributed by atoms with E-state index < -0.39 is 0 Å². The van der Waals surface area contributed by atoms with Crippen LogP contribution in [-0.4, -0.2) is 17.6 Å². The normalized spacial score (nSPS) is 12.6. The molecule has 0 radical (unpaired) electrons. The predicted molar refractivity (Wildman–Crippen MR) is 63.4 cm³/mol. The zero-order chi connectivity index (χ0) is 10.6. The first kappa shape index (κ1) is 11.5. The van der Waals surface area contributed by atoms with Gasteiger partial charge in [0.25, 0.3) is 0 Å². The van der Waals surface area contributed by atoms with Crippen LogP contribution in [0.1, 0.15) is 18.9 Å². The summed E-state index contributed by atoms with van der Waals surface area (Å²) in [7, 11) is 0. The van der Waals surface area contributed by atoms with Gasteiger partial charge in [-0.15, -0.1) is 0 Å². The lowest BCUT2D eigenvalue weighted by molar-refractivity contribution is 0.689. The molecule has 0 bridgehead atoms. The molecule has 3 N–H and O–H groups in total. The highest BCUT2D eigenvalue weighted by Gasteiger charge is 2.00. The van der Waals surface area contributed by atoms with Gasteiger partial charge in [-0.3, -0.25) is 0 Å². The van der Waals surface area contributed by atoms with E-state index in [0.717, 1.165) is 28.8 Å². The molecule has 0 fully saturated rings. The van der Waals surface area contributed by atoms with Crippen LogP contribution in [0.3, 0.4) is 0 Å². The Kier molecular flexibility index (Phi) is 4.35. The number of rotatable bonds is 4. The van der Waals surface area contributed by atoms with E-state index in [1.165, 1.54) is 0 Å². The van der Waals surface area contributed by atoms with Gasteiger partial charge < -0.3 is 11.1 Å². The van der Waals surface area contributed by atoms with Crippen LogP contribution in [0.5, 0.6) is 0 Å². The Hall–Kier alpha value is -0.610. The maximum atomic E-state index is 5.65. The predicted octanol–water partition coefficient (Wildman–Crippen LogP) is 2.30. The van der Waals surface area contributed by atoms with E-state index in [0.29, 0.717) is 0 Å². The third kappa shape index (κ3) is 3.64. The topological polar surface area (TPSA) is 50.9 Å². The average Bonchev–Trinajstić information content (AvgIpc) is 2.08. The minimum Gasteiger partial charge on any atom is -0.370 e. The summed E-state index contributed by atoms with van der Waals surface area (Å²) in [5.41, 5.74) is 6.79. The number of nitrogens with zero attached hydrogens (tertiary/aromatic N) is 1. The Morgan fingerprint density at radius 1 is 1.64 bits per heavy atom. The number of anilines is 1. The van der Waals surface area contributed by atoms with Crippen LogP contribution in [0.25, 0.3) is 0 Å². The summed E-state index contributed by atoms with van der Waals surface area (Å²) < 4.78 is 1.01. The highest BCUT2D eigenvalue weighted by molar-refractivity contribution is 9.10. The van der Waals surface area contributed by atoms with Crippen LogP contribution in [0.15, 0.2) is 16.7 Å². The molecule has 0 aromatic carbocycles. The number of halogens is 1. The number of nitrogens with one attached hydrogen (secondary N) is 1. The summed E-state index contributed by atoms with van der Waals surface area (Å²) in [5, 5.41) is 3.26. The van der Waals surface area contributed by atoms with Crippen molar-refractivity contribution in [2.45, 2.75) is 26.3 Å². The van der Waals surface area contributed by atoms with Crippen molar-refractivity contribution in [3.8, 4) is 0 Å². The number of hydrogen-bond donors (Lipinski definition) is 2. The van der Waals surface area contributed by atoms with Gasteiger partial charge in [-0.2, -0.15) is 0 Å². The van der Waals surface area contributed by atoms with Gasteiger partial charge in [0.15, 0.2) is 0 Å². The van der Waals surface area contributed by atoms with Gasteiger partial charge in [-0.05, 0) is 47.8 Å². The molecule has 3 nitrogen and oxygen atoms in total. The van der Waals surface area contributed by atoms with E-state index >= 15 is 0 Å². The lowest BCUT2D eigenvalue weighted by Crippen LogP contribution is -2.19. The molecule has 0 amide bonds. The van der Waals surface area contributed by atoms with Gasteiger partial charge in [-0.1, -0.05) is 0 Å². The molecule has 1 unspecified atom stereocenters. The molecule has 14 heavy (non-hydrogen) atoms. The summed E-state index contributed by atoms with van der Waals surface area (Å²) in [6, 6.07) is 2.28. The summed E-state index contributed by atoms with van der Waals surface area (Å²) in [5.74, 6) is 0.939. The molecular weight excluding hydrogens is 242 g/mol. The summed E-state index contributed by atoms with van der Waals surface area (Å²) in [4.78, 5) is 4.28. The van der Waals surface area contributed by atoms with Crippen molar-refractivity contribution in [2.75, 3.05) is 11.9 Å². The zero-order valence-corrected chi connectivity index (χ0v) is 10.1. The smallest absolute Gasteiger partial charge is 0.128 e. The zero-order valence-electron chi connectivity index (χ0n) is 8.55. The Bertz CT molecular complexity index is 299. The van der Waals surface area contributed by atoms with Crippen molar-refractivity contribution in [1.29, 1.82) is 0 Å². The van der Waals surface area contributed by atoms with E-state index in [9.17, 15) is 0 Å². The second kappa shape index (κ2) is 5.32. The molecule has 0 spiro atoms. The Morgan fingerprint density at radius 3 is 2.93 bits per heavy atom. The van der Waals surface area contributed by atoms with Crippen molar-refractivity contribution in [1.82, 2.24) is 4.98 Å². The van der Waals surface area contributed by atoms with Crippen molar-refractivity contribution < 1.29 is 0 Å². The molecule has 1 atom stereocenters. The highest BCUT2D eigenvalue weighted by atomic mass is 79.9. The van der Waals surface area contributed by atoms with E-state index in [4.69, 9.17) is 5.73 Å². The van der Waals surface area contributed by atoms with Crippen molar-refractivity contribution >= 4 is 21.7 Å². The maximum absolute atomic E-state index is 5.65. The quantitative estimate of drug-likeness (QED) is 0.871. The first-order chi connectivity index (χ1) is 6.59. The average molecular weight is 258 g/mol. The molecule has 0 aliphatic rings. The van der Waals surface area contributed by atoms with Crippen molar-refractivity contribution in [3.63, 3.8) is 0 Å². The van der Waals surface area contributed by atoms with E-state index in [1.54, 1.807) is 6.20 Å². The Labute approximate surface area is 93.2 Å². The molecule has 1 rings (SSSR count). The lowest BCUT2D eigenvalue weighted by atomic mass is 10.2. The fourth-order valence-corrected chi connectivity index (χ4v) is 1.59. The molecule has 0 saturated carbocycles. The standard InChI is InChI=1S/C10H16BrN3/c1-7-5-9(11)6-14-10(7)13-4-3-8(2)12/h5-6,8H,3-4,12H2,1-2H3,(H,13,14). The van der Waals surface area contributed by atoms with Crippen molar-refractivity contribution in [2.24, 2.45) is 5.73 Å². The Morgan fingerprint density at radius 2 is 2.36 bits per heavy atom. The molecule has 0 saturated heterocycles. The van der Waals surface area contributed by atoms with Crippen LogP contribution in [0, 0.1) is 6.92 Å². The number of pyridine rings is 1. The third-order valence-electron chi connectivity index (χ3n) is 1.94. The molecule has 0 aliphatic carbocycles. The van der Waals surface area contributed by atoms with Gasteiger partial charge in [0.2, 0.25) is 0 Å². The molecule has 1 aromatic rings. The van der Waals surface area contributed by atoms with Crippen LogP contribution in [0.2, 0.25) is 0 Å². The monoisotopic (exact) mass is 257 g/mol.